The van der Waals surface area contributed by atoms with E-state index in [0.29, 0.717) is 5.89 Å². The van der Waals surface area contributed by atoms with Crippen LogP contribution in [-0.4, -0.2) is 34.7 Å². The van der Waals surface area contributed by atoms with Crippen molar-refractivity contribution in [2.45, 2.75) is 31.1 Å². The summed E-state index contributed by atoms with van der Waals surface area (Å²) in [5, 5.41) is 1.97. The molecule has 0 aliphatic carbocycles. The first kappa shape index (κ1) is 18.8. The molecule has 0 saturated carbocycles. The molecule has 3 aromatic rings. The van der Waals surface area contributed by atoms with Crippen LogP contribution >= 0.6 is 11.3 Å². The van der Waals surface area contributed by atoms with Crippen molar-refractivity contribution in [3.05, 3.63) is 47.2 Å². The standard InChI is InChI=1S/C19H20N4O3S2/c1-18(2)17(20)23-19(3,11-28(18,24)25)15-7-14(10-27-15)12-6-13(9-21-8-12)16-22-4-5-26-16/h4-10H,11H2,1-3H3,(H2,20,23)/t19-/m0/s1. The van der Waals surface area contributed by atoms with Gasteiger partial charge in [-0.25, -0.2) is 13.4 Å². The van der Waals surface area contributed by atoms with Gasteiger partial charge in [0.25, 0.3) is 0 Å². The monoisotopic (exact) mass is 416 g/mol. The van der Waals surface area contributed by atoms with Gasteiger partial charge in [-0.2, -0.15) is 0 Å². The lowest BCUT2D eigenvalue weighted by Crippen LogP contribution is -2.54. The zero-order valence-electron chi connectivity index (χ0n) is 15.7. The number of hydrogen-bond acceptors (Lipinski definition) is 8. The Morgan fingerprint density at radius 1 is 1.14 bits per heavy atom. The van der Waals surface area contributed by atoms with Crippen LogP contribution in [0.25, 0.3) is 22.6 Å². The Labute approximate surface area is 167 Å². The number of amidine groups is 1. The SMILES string of the molecule is CC1(C)C(N)=N[C@](C)(c2cc(-c3cncc(-c4ncco4)c3)cs2)CS1(=O)=O. The van der Waals surface area contributed by atoms with Gasteiger partial charge in [0.05, 0.1) is 17.5 Å². The minimum Gasteiger partial charge on any atom is -0.444 e. The normalized spacial score (nSPS) is 23.3. The molecule has 4 rings (SSSR count). The van der Waals surface area contributed by atoms with E-state index >= 15 is 0 Å². The molecule has 146 valence electrons. The second-order valence-electron chi connectivity index (χ2n) is 7.54. The molecule has 0 radical (unpaired) electrons. The number of thiophene rings is 1. The third-order valence-corrected chi connectivity index (χ3v) is 9.00. The van der Waals surface area contributed by atoms with Gasteiger partial charge in [0.2, 0.25) is 5.89 Å². The lowest BCUT2D eigenvalue weighted by atomic mass is 10.00. The molecular formula is C19H20N4O3S2. The summed E-state index contributed by atoms with van der Waals surface area (Å²) in [6, 6.07) is 3.89. The van der Waals surface area contributed by atoms with Gasteiger partial charge in [0, 0.05) is 22.8 Å². The summed E-state index contributed by atoms with van der Waals surface area (Å²) in [7, 11) is -3.44. The molecule has 0 amide bonds. The van der Waals surface area contributed by atoms with Crippen LogP contribution in [0.1, 0.15) is 25.6 Å². The molecule has 0 bridgehead atoms. The zero-order chi connectivity index (χ0) is 20.2. The molecular weight excluding hydrogens is 396 g/mol. The number of nitrogens with zero attached hydrogens (tertiary/aromatic N) is 3. The minimum atomic E-state index is -3.44. The quantitative estimate of drug-likeness (QED) is 0.701. The fourth-order valence-electron chi connectivity index (χ4n) is 3.12. The summed E-state index contributed by atoms with van der Waals surface area (Å²) in [5.41, 5.74) is 7.72. The first-order valence-electron chi connectivity index (χ1n) is 8.65. The summed E-state index contributed by atoms with van der Waals surface area (Å²) in [4.78, 5) is 13.8. The Bertz CT molecular complexity index is 1160. The first-order valence-corrected chi connectivity index (χ1v) is 11.2. The van der Waals surface area contributed by atoms with Crippen molar-refractivity contribution < 1.29 is 12.8 Å². The van der Waals surface area contributed by atoms with E-state index in [4.69, 9.17) is 10.2 Å². The maximum atomic E-state index is 12.8. The number of aromatic nitrogens is 2. The summed E-state index contributed by atoms with van der Waals surface area (Å²) in [6.45, 7) is 5.00. The van der Waals surface area contributed by atoms with Gasteiger partial charge >= 0.3 is 0 Å². The molecule has 0 fully saturated rings. The smallest absolute Gasteiger partial charge is 0.227 e. The van der Waals surface area contributed by atoms with E-state index in [1.807, 2.05) is 24.4 Å². The molecule has 1 atom stereocenters. The number of rotatable bonds is 3. The van der Waals surface area contributed by atoms with Crippen molar-refractivity contribution in [1.29, 1.82) is 0 Å². The lowest BCUT2D eigenvalue weighted by molar-refractivity contribution is 0.507. The van der Waals surface area contributed by atoms with E-state index in [1.54, 1.807) is 32.4 Å². The zero-order valence-corrected chi connectivity index (χ0v) is 17.3. The van der Waals surface area contributed by atoms with Crippen molar-refractivity contribution in [3.8, 4) is 22.6 Å². The Morgan fingerprint density at radius 2 is 1.89 bits per heavy atom. The van der Waals surface area contributed by atoms with Gasteiger partial charge in [-0.3, -0.25) is 9.98 Å². The molecule has 0 saturated heterocycles. The molecule has 28 heavy (non-hydrogen) atoms. The molecule has 0 spiro atoms. The molecule has 3 aromatic heterocycles. The van der Waals surface area contributed by atoms with Crippen LogP contribution in [0.4, 0.5) is 0 Å². The number of hydrogen-bond donors (Lipinski definition) is 1. The molecule has 1 aliphatic rings. The summed E-state index contributed by atoms with van der Waals surface area (Å²) >= 11 is 1.46. The summed E-state index contributed by atoms with van der Waals surface area (Å²) in [5.74, 6) is 0.556. The van der Waals surface area contributed by atoms with Crippen LogP contribution in [0.15, 0.2) is 51.8 Å². The van der Waals surface area contributed by atoms with Gasteiger partial charge in [0.15, 0.2) is 9.84 Å². The predicted molar refractivity (Wildman–Crippen MR) is 110 cm³/mol. The van der Waals surface area contributed by atoms with Crippen LogP contribution < -0.4 is 5.73 Å². The van der Waals surface area contributed by atoms with E-state index in [0.717, 1.165) is 21.6 Å². The average Bonchev–Trinajstić information content (AvgIpc) is 3.32. The van der Waals surface area contributed by atoms with Crippen LogP contribution in [-0.2, 0) is 15.4 Å². The highest BCUT2D eigenvalue weighted by Gasteiger charge is 2.49. The maximum Gasteiger partial charge on any atom is 0.227 e. The van der Waals surface area contributed by atoms with E-state index in [2.05, 4.69) is 15.0 Å². The molecule has 7 nitrogen and oxygen atoms in total. The molecule has 0 unspecified atom stereocenters. The lowest BCUT2D eigenvalue weighted by Gasteiger charge is -2.37. The van der Waals surface area contributed by atoms with Crippen LogP contribution in [0.5, 0.6) is 0 Å². The van der Waals surface area contributed by atoms with Crippen LogP contribution in [0.2, 0.25) is 0 Å². The molecule has 9 heteroatoms. The van der Waals surface area contributed by atoms with E-state index < -0.39 is 20.1 Å². The third-order valence-electron chi connectivity index (χ3n) is 5.11. The fourth-order valence-corrected chi connectivity index (χ4v) is 5.92. The Morgan fingerprint density at radius 3 is 2.57 bits per heavy atom. The fraction of sp³-hybridized carbons (Fsp3) is 0.316. The molecule has 0 aromatic carbocycles. The second-order valence-corrected chi connectivity index (χ2v) is 11.0. The summed E-state index contributed by atoms with van der Waals surface area (Å²) in [6.07, 6.45) is 6.53. The van der Waals surface area contributed by atoms with Gasteiger partial charge < -0.3 is 10.2 Å². The minimum absolute atomic E-state index is 0.0811. The van der Waals surface area contributed by atoms with Crippen LogP contribution in [0.3, 0.4) is 0 Å². The average molecular weight is 417 g/mol. The highest BCUT2D eigenvalue weighted by atomic mass is 32.2. The van der Waals surface area contributed by atoms with Gasteiger partial charge in [-0.1, -0.05) is 0 Å². The van der Waals surface area contributed by atoms with Crippen molar-refractivity contribution in [2.24, 2.45) is 10.7 Å². The highest BCUT2D eigenvalue weighted by Crippen LogP contribution is 2.41. The topological polar surface area (TPSA) is 111 Å². The second kappa shape index (κ2) is 6.25. The summed E-state index contributed by atoms with van der Waals surface area (Å²) < 4.78 is 29.7. The first-order chi connectivity index (χ1) is 13.1. The number of oxazole rings is 1. The van der Waals surface area contributed by atoms with Crippen molar-refractivity contribution in [1.82, 2.24) is 9.97 Å². The highest BCUT2D eigenvalue weighted by molar-refractivity contribution is 7.93. The number of aliphatic imine (C=N–C) groups is 1. The van der Waals surface area contributed by atoms with Gasteiger partial charge in [-0.15, -0.1) is 11.3 Å². The maximum absolute atomic E-state index is 12.8. The van der Waals surface area contributed by atoms with Crippen molar-refractivity contribution in [3.63, 3.8) is 0 Å². The largest absolute Gasteiger partial charge is 0.444 e. The Kier molecular flexibility index (Phi) is 4.20. The number of sulfone groups is 1. The Balaban J connectivity index is 1.73. The predicted octanol–water partition coefficient (Wildman–Crippen LogP) is 3.24. The van der Waals surface area contributed by atoms with E-state index in [9.17, 15) is 8.42 Å². The number of nitrogens with two attached hydrogens (primary N) is 1. The van der Waals surface area contributed by atoms with E-state index in [-0.39, 0.29) is 11.6 Å². The van der Waals surface area contributed by atoms with Gasteiger partial charge in [0.1, 0.15) is 22.4 Å². The van der Waals surface area contributed by atoms with Crippen molar-refractivity contribution >= 4 is 27.0 Å². The number of pyridine rings is 1. The van der Waals surface area contributed by atoms with E-state index in [1.165, 1.54) is 17.6 Å². The van der Waals surface area contributed by atoms with Crippen LogP contribution in [0, 0.1) is 0 Å². The molecule has 1 aliphatic heterocycles. The Hall–Kier alpha value is -2.52. The third kappa shape index (κ3) is 2.94. The van der Waals surface area contributed by atoms with Gasteiger partial charge in [-0.05, 0) is 43.8 Å². The molecule has 2 N–H and O–H groups in total. The molecule has 4 heterocycles. The van der Waals surface area contributed by atoms with Crippen molar-refractivity contribution in [2.75, 3.05) is 5.75 Å².